The number of nitrogens with zero attached hydrogens (tertiary/aromatic N) is 5. The van der Waals surface area contributed by atoms with Gasteiger partial charge in [0, 0.05) is 38.3 Å². The molecule has 0 spiro atoms. The number of nitrogens with two attached hydrogens (primary N) is 1. The van der Waals surface area contributed by atoms with E-state index in [0.717, 1.165) is 0 Å². The minimum Gasteiger partial charge on any atom is -0.497 e. The van der Waals surface area contributed by atoms with Crippen LogP contribution in [0.4, 0.5) is 10.1 Å². The molecule has 0 atom stereocenters. The molecule has 0 unspecified atom stereocenters. The quantitative estimate of drug-likeness (QED) is 0.183. The molecule has 10 nitrogen and oxygen atoms in total. The number of H-pyrrole nitrogens is 1. The first kappa shape index (κ1) is 21.4. The topological polar surface area (TPSA) is 136 Å². The molecule has 1 aliphatic rings. The van der Waals surface area contributed by atoms with E-state index >= 15 is 0 Å². The number of nitrogens with one attached hydrogen (secondary N) is 2. The summed E-state index contributed by atoms with van der Waals surface area (Å²) < 4.78 is 20.0. The van der Waals surface area contributed by atoms with Gasteiger partial charge in [0.1, 0.15) is 17.4 Å². The maximum atomic E-state index is 14.8. The minimum atomic E-state index is -0.611. The van der Waals surface area contributed by atoms with Crippen LogP contribution in [-0.2, 0) is 6.54 Å². The van der Waals surface area contributed by atoms with Gasteiger partial charge in [0.05, 0.1) is 35.8 Å². The Bertz CT molecular complexity index is 1230. The van der Waals surface area contributed by atoms with Gasteiger partial charge in [-0.05, 0) is 12.1 Å². The second kappa shape index (κ2) is 9.10. The highest BCUT2D eigenvalue weighted by Gasteiger charge is 2.25. The van der Waals surface area contributed by atoms with Crippen LogP contribution in [0.5, 0.6) is 5.75 Å². The highest BCUT2D eigenvalue weighted by atomic mass is 19.1. The third kappa shape index (κ3) is 4.14. The largest absolute Gasteiger partial charge is 0.497 e. The van der Waals surface area contributed by atoms with Crippen LogP contribution in [0.1, 0.15) is 11.4 Å². The van der Waals surface area contributed by atoms with Crippen molar-refractivity contribution in [2.45, 2.75) is 6.54 Å². The summed E-state index contributed by atoms with van der Waals surface area (Å²) in [5.74, 6) is 5.47. The third-order valence-corrected chi connectivity index (χ3v) is 5.48. The van der Waals surface area contributed by atoms with E-state index in [4.69, 9.17) is 16.1 Å². The van der Waals surface area contributed by atoms with Crippen LogP contribution < -0.4 is 21.0 Å². The molecule has 1 fully saturated rings. The molecule has 1 aromatic heterocycles. The zero-order valence-electron chi connectivity index (χ0n) is 17.5. The van der Waals surface area contributed by atoms with Crippen molar-refractivity contribution < 1.29 is 9.13 Å². The Balaban J connectivity index is 1.53. The summed E-state index contributed by atoms with van der Waals surface area (Å²) in [4.78, 5) is 23.9. The number of aromatic amines is 1. The van der Waals surface area contributed by atoms with E-state index in [0.29, 0.717) is 60.9 Å². The number of hydrazone groups is 1. The number of amidine groups is 1. The SMILES string of the molecule is COc1cc(F)c(C(N=N)=NN)c(N2CCN(Cc3nc4ccccc4c(=O)[nH]3)CC2)c1. The highest BCUT2D eigenvalue weighted by molar-refractivity contribution is 6.04. The molecule has 0 saturated carbocycles. The lowest BCUT2D eigenvalue weighted by Gasteiger charge is -2.36. The van der Waals surface area contributed by atoms with Crippen molar-refractivity contribution in [3.63, 3.8) is 0 Å². The van der Waals surface area contributed by atoms with Gasteiger partial charge in [0.25, 0.3) is 5.56 Å². The van der Waals surface area contributed by atoms with Gasteiger partial charge in [0.2, 0.25) is 5.84 Å². The molecule has 32 heavy (non-hydrogen) atoms. The Kier molecular flexibility index (Phi) is 6.08. The molecule has 0 radical (unpaired) electrons. The fraction of sp³-hybridized carbons (Fsp3) is 0.286. The van der Waals surface area contributed by atoms with Crippen molar-refractivity contribution in [1.29, 1.82) is 5.53 Å². The lowest BCUT2D eigenvalue weighted by atomic mass is 10.1. The molecular formula is C21H23FN8O2. The summed E-state index contributed by atoms with van der Waals surface area (Å²) in [7, 11) is 1.46. The average Bonchev–Trinajstić information content (AvgIpc) is 2.81. The zero-order chi connectivity index (χ0) is 22.7. The number of benzene rings is 2. The summed E-state index contributed by atoms with van der Waals surface area (Å²) in [6.07, 6.45) is 0. The number of halogens is 1. The number of rotatable bonds is 5. The smallest absolute Gasteiger partial charge is 0.258 e. The van der Waals surface area contributed by atoms with Crippen molar-refractivity contribution in [1.82, 2.24) is 14.9 Å². The molecule has 1 aliphatic heterocycles. The molecule has 1 saturated heterocycles. The predicted octanol–water partition coefficient (Wildman–Crippen LogP) is 2.04. The number of para-hydroxylation sites is 1. The van der Waals surface area contributed by atoms with E-state index in [1.54, 1.807) is 12.1 Å². The van der Waals surface area contributed by atoms with Gasteiger partial charge in [-0.1, -0.05) is 12.1 Å². The second-order valence-electron chi connectivity index (χ2n) is 7.36. The maximum Gasteiger partial charge on any atom is 0.258 e. The fourth-order valence-electron chi connectivity index (χ4n) is 3.87. The molecule has 0 aliphatic carbocycles. The van der Waals surface area contributed by atoms with E-state index in [-0.39, 0.29) is 17.0 Å². The summed E-state index contributed by atoms with van der Waals surface area (Å²) in [6.45, 7) is 2.95. The number of hydrogen-bond acceptors (Lipinski definition) is 8. The van der Waals surface area contributed by atoms with E-state index in [1.807, 2.05) is 23.1 Å². The van der Waals surface area contributed by atoms with Crippen LogP contribution in [0.15, 0.2) is 51.4 Å². The van der Waals surface area contributed by atoms with Crippen LogP contribution in [0, 0.1) is 11.3 Å². The number of aromatic nitrogens is 2. The van der Waals surface area contributed by atoms with E-state index < -0.39 is 5.82 Å². The van der Waals surface area contributed by atoms with Gasteiger partial charge < -0.3 is 20.5 Å². The molecule has 4 rings (SSSR count). The van der Waals surface area contributed by atoms with Crippen LogP contribution in [-0.4, -0.2) is 54.0 Å². The van der Waals surface area contributed by atoms with Crippen LogP contribution >= 0.6 is 0 Å². The van der Waals surface area contributed by atoms with Crippen molar-refractivity contribution in [2.24, 2.45) is 16.1 Å². The Morgan fingerprint density at radius 2 is 2.03 bits per heavy atom. The molecule has 0 amide bonds. The van der Waals surface area contributed by atoms with E-state index in [1.165, 1.54) is 13.2 Å². The Morgan fingerprint density at radius 3 is 2.72 bits per heavy atom. The second-order valence-corrected chi connectivity index (χ2v) is 7.36. The van der Waals surface area contributed by atoms with Gasteiger partial charge in [-0.3, -0.25) is 9.69 Å². The number of piperazine rings is 1. The minimum absolute atomic E-state index is 0.0669. The maximum absolute atomic E-state index is 14.8. The normalized spacial score (nSPS) is 15.2. The Labute approximate surface area is 183 Å². The molecule has 4 N–H and O–H groups in total. The van der Waals surface area contributed by atoms with Gasteiger partial charge >= 0.3 is 0 Å². The Hall–Kier alpha value is -3.86. The molecule has 3 aromatic rings. The number of hydrogen-bond donors (Lipinski definition) is 3. The molecular weight excluding hydrogens is 415 g/mol. The van der Waals surface area contributed by atoms with Crippen LogP contribution in [0.2, 0.25) is 0 Å². The molecule has 166 valence electrons. The molecule has 11 heteroatoms. The highest BCUT2D eigenvalue weighted by Crippen LogP contribution is 2.31. The van der Waals surface area contributed by atoms with E-state index in [9.17, 15) is 9.18 Å². The first-order chi connectivity index (χ1) is 15.5. The summed E-state index contributed by atoms with van der Waals surface area (Å²) in [5, 5.41) is 7.28. The fourth-order valence-corrected chi connectivity index (χ4v) is 3.87. The summed E-state index contributed by atoms with van der Waals surface area (Å²) in [5.41, 5.74) is 8.37. The van der Waals surface area contributed by atoms with Crippen LogP contribution in [0.25, 0.3) is 10.9 Å². The molecule has 0 bridgehead atoms. The number of anilines is 1. The average molecular weight is 438 g/mol. The molecule has 2 heterocycles. The van der Waals surface area contributed by atoms with Crippen molar-refractivity contribution >= 4 is 22.4 Å². The van der Waals surface area contributed by atoms with Crippen molar-refractivity contribution in [2.75, 3.05) is 38.2 Å². The lowest BCUT2D eigenvalue weighted by molar-refractivity contribution is 0.244. The number of methoxy groups -OCH3 is 1. The summed E-state index contributed by atoms with van der Waals surface area (Å²) in [6, 6.07) is 10.1. The van der Waals surface area contributed by atoms with Gasteiger partial charge in [-0.25, -0.2) is 14.9 Å². The molecule has 2 aromatic carbocycles. The van der Waals surface area contributed by atoms with Crippen molar-refractivity contribution in [3.05, 3.63) is 64.0 Å². The zero-order valence-corrected chi connectivity index (χ0v) is 17.5. The monoisotopic (exact) mass is 438 g/mol. The predicted molar refractivity (Wildman–Crippen MR) is 119 cm³/mol. The number of ether oxygens (including phenoxy) is 1. The lowest BCUT2D eigenvalue weighted by Crippen LogP contribution is -2.46. The van der Waals surface area contributed by atoms with Crippen LogP contribution in [0.3, 0.4) is 0 Å². The Morgan fingerprint density at radius 1 is 1.28 bits per heavy atom. The third-order valence-electron chi connectivity index (χ3n) is 5.48. The van der Waals surface area contributed by atoms with Crippen molar-refractivity contribution in [3.8, 4) is 5.75 Å². The van der Waals surface area contributed by atoms with Gasteiger partial charge in [-0.2, -0.15) is 5.10 Å². The number of fused-ring (bicyclic) bond motifs is 1. The first-order valence-corrected chi connectivity index (χ1v) is 10.0. The van der Waals surface area contributed by atoms with Gasteiger partial charge in [-0.15, -0.1) is 5.11 Å². The van der Waals surface area contributed by atoms with E-state index in [2.05, 4.69) is 25.1 Å². The summed E-state index contributed by atoms with van der Waals surface area (Å²) >= 11 is 0. The first-order valence-electron chi connectivity index (χ1n) is 10.0. The van der Waals surface area contributed by atoms with Gasteiger partial charge in [0.15, 0.2) is 0 Å². The standard InChI is InChI=1S/C21H23FN8O2/c1-32-13-10-15(22)19(20(27-23)28-24)17(11-13)30-8-6-29(7-9-30)12-18-25-16-5-3-2-4-14(16)21(31)26-18/h2-5,10-11,23H,6-9,12,24H2,1H3,(H,25,26,31).